The first-order chi connectivity index (χ1) is 15.9. The van der Waals surface area contributed by atoms with E-state index >= 15 is 0 Å². The lowest BCUT2D eigenvalue weighted by molar-refractivity contribution is 0.0952. The van der Waals surface area contributed by atoms with Crippen molar-refractivity contribution in [2.75, 3.05) is 25.4 Å². The Labute approximate surface area is 198 Å². The van der Waals surface area contributed by atoms with E-state index in [1.165, 1.54) is 4.31 Å². The third-order valence-corrected chi connectivity index (χ3v) is 8.55. The van der Waals surface area contributed by atoms with Crippen LogP contribution in [0.15, 0.2) is 48.5 Å². The van der Waals surface area contributed by atoms with Crippen LogP contribution in [0, 0.1) is 0 Å². The summed E-state index contributed by atoms with van der Waals surface area (Å²) in [6, 6.07) is 15.3. The molecule has 0 unspecified atom stereocenters. The summed E-state index contributed by atoms with van der Waals surface area (Å²) in [5.74, 6) is -0.00953. The molecular formula is C25H24ClN3O3S. The van der Waals surface area contributed by atoms with Crippen molar-refractivity contribution in [2.24, 2.45) is 0 Å². The smallest absolute Gasteiger partial charge is 0.252 e. The lowest BCUT2D eigenvalue weighted by atomic mass is 10.00. The van der Waals surface area contributed by atoms with Crippen molar-refractivity contribution in [3.8, 4) is 0 Å². The quantitative estimate of drug-likeness (QED) is 0.594. The van der Waals surface area contributed by atoms with Gasteiger partial charge < -0.3 is 5.32 Å². The van der Waals surface area contributed by atoms with Crippen molar-refractivity contribution in [3.05, 3.63) is 75.9 Å². The highest BCUT2D eigenvalue weighted by atomic mass is 35.5. The van der Waals surface area contributed by atoms with Gasteiger partial charge in [-0.3, -0.25) is 4.79 Å². The van der Waals surface area contributed by atoms with Gasteiger partial charge in [0.25, 0.3) is 5.91 Å². The van der Waals surface area contributed by atoms with Crippen LogP contribution < -0.4 is 5.32 Å². The van der Waals surface area contributed by atoms with Crippen molar-refractivity contribution in [2.45, 2.75) is 19.3 Å². The van der Waals surface area contributed by atoms with E-state index in [2.05, 4.69) is 11.4 Å². The molecule has 0 radical (unpaired) electrons. The summed E-state index contributed by atoms with van der Waals surface area (Å²) in [6.45, 7) is 1.07. The topological polar surface area (TPSA) is 79.4 Å². The minimum Gasteiger partial charge on any atom is -0.351 e. The molecule has 1 aliphatic heterocycles. The maximum absolute atomic E-state index is 13.3. The number of halogens is 1. The Bertz CT molecular complexity index is 1380. The number of rotatable bonds is 5. The number of amides is 1. The predicted molar refractivity (Wildman–Crippen MR) is 132 cm³/mol. The number of fused-ring (bicyclic) bond motifs is 2. The van der Waals surface area contributed by atoms with E-state index in [1.54, 1.807) is 0 Å². The lowest BCUT2D eigenvalue weighted by Gasteiger charge is -2.16. The molecule has 0 bridgehead atoms. The number of benzene rings is 2. The van der Waals surface area contributed by atoms with Crippen molar-refractivity contribution in [3.63, 3.8) is 0 Å². The summed E-state index contributed by atoms with van der Waals surface area (Å²) in [5.41, 5.74) is 5.13. The number of nitrogens with one attached hydrogen (secondary N) is 1. The van der Waals surface area contributed by atoms with E-state index in [1.807, 2.05) is 48.5 Å². The zero-order chi connectivity index (χ0) is 23.0. The van der Waals surface area contributed by atoms with Crippen LogP contribution in [0.25, 0.3) is 22.6 Å². The number of aromatic nitrogens is 1. The highest BCUT2D eigenvalue weighted by Gasteiger charge is 2.29. The molecule has 3 aromatic rings. The van der Waals surface area contributed by atoms with Gasteiger partial charge in [-0.2, -0.15) is 0 Å². The van der Waals surface area contributed by atoms with Crippen LogP contribution in [0.4, 0.5) is 0 Å². The number of carbonyl (C=O) groups excluding carboxylic acids is 1. The third kappa shape index (κ3) is 4.28. The van der Waals surface area contributed by atoms with Gasteiger partial charge in [-0.1, -0.05) is 48.0 Å². The summed E-state index contributed by atoms with van der Waals surface area (Å²) in [6.07, 6.45) is 4.18. The molecule has 5 rings (SSSR count). The number of pyridine rings is 1. The van der Waals surface area contributed by atoms with Gasteiger partial charge in [0, 0.05) is 30.0 Å². The molecule has 1 aromatic heterocycles. The van der Waals surface area contributed by atoms with E-state index < -0.39 is 10.0 Å². The Kier molecular flexibility index (Phi) is 5.95. The molecule has 1 amide bonds. The van der Waals surface area contributed by atoms with Crippen LogP contribution in [0.1, 0.15) is 40.0 Å². The molecule has 6 nitrogen and oxygen atoms in total. The normalized spacial score (nSPS) is 18.6. The molecule has 33 heavy (non-hydrogen) atoms. The number of nitrogens with zero attached hydrogens (tertiary/aromatic N) is 2. The first kappa shape index (κ1) is 22.1. The number of hydrogen-bond acceptors (Lipinski definition) is 4. The summed E-state index contributed by atoms with van der Waals surface area (Å²) >= 11 is 6.36. The minimum absolute atomic E-state index is 0.185. The maximum atomic E-state index is 13.3. The van der Waals surface area contributed by atoms with Crippen LogP contribution in [-0.4, -0.2) is 49.0 Å². The second kappa shape index (κ2) is 8.89. The summed E-state index contributed by atoms with van der Waals surface area (Å²) in [7, 11) is -3.18. The SMILES string of the molecule is O=C(NCCN1CCCS1(=O)=O)c1c2c(nc3ccccc13)C(=Cc1ccccc1Cl)CC2. The average molecular weight is 482 g/mol. The van der Waals surface area contributed by atoms with Crippen LogP contribution in [0.5, 0.6) is 0 Å². The Balaban J connectivity index is 1.48. The number of para-hydroxylation sites is 1. The molecule has 8 heteroatoms. The van der Waals surface area contributed by atoms with Gasteiger partial charge in [-0.05, 0) is 54.2 Å². The average Bonchev–Trinajstić information content (AvgIpc) is 3.35. The van der Waals surface area contributed by atoms with Gasteiger partial charge >= 0.3 is 0 Å². The van der Waals surface area contributed by atoms with Gasteiger partial charge in [0.15, 0.2) is 0 Å². The van der Waals surface area contributed by atoms with E-state index in [9.17, 15) is 13.2 Å². The van der Waals surface area contributed by atoms with Gasteiger partial charge in [0.2, 0.25) is 10.0 Å². The van der Waals surface area contributed by atoms with E-state index in [0.717, 1.165) is 39.7 Å². The Morgan fingerprint density at radius 3 is 2.70 bits per heavy atom. The molecule has 2 aromatic carbocycles. The second-order valence-corrected chi connectivity index (χ2v) is 10.8. The monoisotopic (exact) mass is 481 g/mol. The molecule has 0 atom stereocenters. The van der Waals surface area contributed by atoms with Gasteiger partial charge in [-0.25, -0.2) is 17.7 Å². The Morgan fingerprint density at radius 2 is 1.91 bits per heavy atom. The molecule has 2 heterocycles. The maximum Gasteiger partial charge on any atom is 0.252 e. The van der Waals surface area contributed by atoms with Crippen LogP contribution >= 0.6 is 11.6 Å². The summed E-state index contributed by atoms with van der Waals surface area (Å²) in [5, 5.41) is 4.43. The highest BCUT2D eigenvalue weighted by molar-refractivity contribution is 7.89. The fraction of sp³-hybridized carbons (Fsp3) is 0.280. The van der Waals surface area contributed by atoms with Crippen LogP contribution in [-0.2, 0) is 16.4 Å². The Morgan fingerprint density at radius 1 is 1.12 bits per heavy atom. The van der Waals surface area contributed by atoms with Crippen LogP contribution in [0.3, 0.4) is 0 Å². The number of carbonyl (C=O) groups is 1. The highest BCUT2D eigenvalue weighted by Crippen LogP contribution is 2.38. The minimum atomic E-state index is -3.18. The standard InChI is InChI=1S/C25H24ClN3O3S/c26-21-8-3-1-6-17(21)16-18-10-11-20-23(19-7-2-4-9-22(19)28-24(18)20)25(30)27-12-14-29-13-5-15-33(29,31)32/h1-4,6-9,16H,5,10-15H2,(H,27,30). The zero-order valence-electron chi connectivity index (χ0n) is 18.1. The largest absolute Gasteiger partial charge is 0.351 e. The van der Waals surface area contributed by atoms with Crippen molar-refractivity contribution in [1.29, 1.82) is 0 Å². The fourth-order valence-electron chi connectivity index (χ4n) is 4.64. The number of sulfonamides is 1. The molecular weight excluding hydrogens is 458 g/mol. The molecule has 1 N–H and O–H groups in total. The second-order valence-electron chi connectivity index (χ2n) is 8.35. The van der Waals surface area contributed by atoms with Gasteiger partial charge in [-0.15, -0.1) is 0 Å². The molecule has 2 aliphatic rings. The Hall–Kier alpha value is -2.74. The third-order valence-electron chi connectivity index (χ3n) is 6.25. The molecule has 1 aliphatic carbocycles. The molecule has 1 saturated heterocycles. The van der Waals surface area contributed by atoms with E-state index in [-0.39, 0.29) is 24.7 Å². The zero-order valence-corrected chi connectivity index (χ0v) is 19.6. The molecule has 0 saturated carbocycles. The molecule has 170 valence electrons. The van der Waals surface area contributed by atoms with E-state index in [0.29, 0.717) is 30.0 Å². The number of hydrogen-bond donors (Lipinski definition) is 1. The van der Waals surface area contributed by atoms with Gasteiger partial charge in [0.05, 0.1) is 22.5 Å². The fourth-order valence-corrected chi connectivity index (χ4v) is 6.36. The first-order valence-corrected chi connectivity index (χ1v) is 13.1. The van der Waals surface area contributed by atoms with Crippen molar-refractivity contribution < 1.29 is 13.2 Å². The van der Waals surface area contributed by atoms with Crippen LogP contribution in [0.2, 0.25) is 5.02 Å². The number of allylic oxidation sites excluding steroid dienone is 1. The predicted octanol–water partition coefficient (Wildman–Crippen LogP) is 4.14. The van der Waals surface area contributed by atoms with Crippen molar-refractivity contribution in [1.82, 2.24) is 14.6 Å². The first-order valence-electron chi connectivity index (χ1n) is 11.1. The van der Waals surface area contributed by atoms with Crippen molar-refractivity contribution >= 4 is 50.1 Å². The lowest BCUT2D eigenvalue weighted by Crippen LogP contribution is -2.36. The van der Waals surface area contributed by atoms with Gasteiger partial charge in [0.1, 0.15) is 0 Å². The molecule has 0 spiro atoms. The van der Waals surface area contributed by atoms with E-state index in [4.69, 9.17) is 16.6 Å². The molecule has 1 fully saturated rings. The summed E-state index contributed by atoms with van der Waals surface area (Å²) < 4.78 is 25.5. The summed E-state index contributed by atoms with van der Waals surface area (Å²) in [4.78, 5) is 18.2.